The van der Waals surface area contributed by atoms with E-state index in [-0.39, 0.29) is 18.4 Å². The molecule has 1 aliphatic rings. The van der Waals surface area contributed by atoms with Crippen LogP contribution >= 0.6 is 11.6 Å². The van der Waals surface area contributed by atoms with Crippen molar-refractivity contribution < 1.29 is 19.1 Å². The predicted octanol–water partition coefficient (Wildman–Crippen LogP) is 4.95. The molecule has 3 heterocycles. The number of carbonyl (C=O) groups excluding carboxylic acids is 2. The molecule has 8 heteroatoms. The number of anilines is 1. The highest BCUT2D eigenvalue weighted by Gasteiger charge is 2.24. The lowest BCUT2D eigenvalue weighted by atomic mass is 10.1. The SMILES string of the molecule is O=C1Nc2ccc(Cl)cc2C1=Cc1ccc(-c2cccc(C(=O)NCC(O)c3cccnc3)c2)o1. The van der Waals surface area contributed by atoms with Gasteiger partial charge in [-0.05, 0) is 54.6 Å². The first-order valence-corrected chi connectivity index (χ1v) is 11.2. The van der Waals surface area contributed by atoms with Crippen molar-refractivity contribution in [2.24, 2.45) is 0 Å². The van der Waals surface area contributed by atoms with E-state index in [1.54, 1.807) is 79.1 Å². The molecule has 0 radical (unpaired) electrons. The highest BCUT2D eigenvalue weighted by molar-refractivity contribution is 6.36. The number of furan rings is 1. The fourth-order valence-electron chi connectivity index (χ4n) is 3.83. The molecule has 3 N–H and O–H groups in total. The van der Waals surface area contributed by atoms with Crippen LogP contribution in [0.4, 0.5) is 5.69 Å². The Morgan fingerprint density at radius 2 is 2.03 bits per heavy atom. The molecule has 0 bridgehead atoms. The summed E-state index contributed by atoms with van der Waals surface area (Å²) in [4.78, 5) is 29.0. The molecule has 2 aromatic heterocycles. The molecule has 0 fully saturated rings. The van der Waals surface area contributed by atoms with Gasteiger partial charge >= 0.3 is 0 Å². The molecule has 7 nitrogen and oxygen atoms in total. The first-order chi connectivity index (χ1) is 17.0. The molecule has 2 amide bonds. The number of carbonyl (C=O) groups is 2. The summed E-state index contributed by atoms with van der Waals surface area (Å²) < 4.78 is 5.95. The molecular formula is C27H20ClN3O4. The van der Waals surface area contributed by atoms with Crippen LogP contribution in [0.25, 0.3) is 23.0 Å². The van der Waals surface area contributed by atoms with Crippen LogP contribution in [-0.4, -0.2) is 28.4 Å². The summed E-state index contributed by atoms with van der Waals surface area (Å²) in [6.45, 7) is 0.0563. The Labute approximate surface area is 206 Å². The predicted molar refractivity (Wildman–Crippen MR) is 134 cm³/mol. The summed E-state index contributed by atoms with van der Waals surface area (Å²) >= 11 is 6.10. The Bertz CT molecular complexity index is 1450. The molecular weight excluding hydrogens is 466 g/mol. The van der Waals surface area contributed by atoms with E-state index in [0.29, 0.717) is 50.1 Å². The fourth-order valence-corrected chi connectivity index (χ4v) is 4.00. The van der Waals surface area contributed by atoms with E-state index in [9.17, 15) is 14.7 Å². The summed E-state index contributed by atoms with van der Waals surface area (Å²) in [6, 6.07) is 19.2. The minimum atomic E-state index is -0.857. The maximum absolute atomic E-state index is 12.6. The number of halogens is 1. The highest BCUT2D eigenvalue weighted by atomic mass is 35.5. The van der Waals surface area contributed by atoms with Crippen molar-refractivity contribution >= 4 is 40.8 Å². The summed E-state index contributed by atoms with van der Waals surface area (Å²) in [5, 5.41) is 16.3. The fraction of sp³-hybridized carbons (Fsp3) is 0.0741. The van der Waals surface area contributed by atoms with E-state index >= 15 is 0 Å². The number of hydrogen-bond donors (Lipinski definition) is 3. The lowest BCUT2D eigenvalue weighted by Crippen LogP contribution is -2.28. The molecule has 2 aromatic carbocycles. The van der Waals surface area contributed by atoms with Crippen LogP contribution in [0.5, 0.6) is 0 Å². The minimum Gasteiger partial charge on any atom is -0.457 e. The monoisotopic (exact) mass is 485 g/mol. The van der Waals surface area contributed by atoms with E-state index in [1.807, 2.05) is 6.07 Å². The highest BCUT2D eigenvalue weighted by Crippen LogP contribution is 2.35. The van der Waals surface area contributed by atoms with Gasteiger partial charge in [0.2, 0.25) is 0 Å². The minimum absolute atomic E-state index is 0.0563. The third kappa shape index (κ3) is 4.87. The van der Waals surface area contributed by atoms with Crippen LogP contribution in [0.2, 0.25) is 5.02 Å². The van der Waals surface area contributed by atoms with Gasteiger partial charge in [-0.25, -0.2) is 0 Å². The zero-order valence-corrected chi connectivity index (χ0v) is 19.1. The average Bonchev–Trinajstić information content (AvgIpc) is 3.47. The van der Waals surface area contributed by atoms with Gasteiger partial charge in [-0.1, -0.05) is 29.8 Å². The third-order valence-electron chi connectivity index (χ3n) is 5.61. The van der Waals surface area contributed by atoms with Crippen molar-refractivity contribution in [3.8, 4) is 11.3 Å². The number of amides is 2. The van der Waals surface area contributed by atoms with Gasteiger partial charge in [0.1, 0.15) is 11.5 Å². The lowest BCUT2D eigenvalue weighted by molar-refractivity contribution is -0.110. The summed E-state index contributed by atoms with van der Waals surface area (Å²) in [5.41, 5.74) is 3.63. The normalized spacial score (nSPS) is 14.5. The third-order valence-corrected chi connectivity index (χ3v) is 5.85. The van der Waals surface area contributed by atoms with Crippen molar-refractivity contribution in [1.29, 1.82) is 0 Å². The molecule has 0 saturated carbocycles. The van der Waals surface area contributed by atoms with Crippen molar-refractivity contribution in [2.75, 3.05) is 11.9 Å². The Hall–Kier alpha value is -4.20. The number of fused-ring (bicyclic) bond motifs is 1. The van der Waals surface area contributed by atoms with E-state index in [2.05, 4.69) is 15.6 Å². The summed E-state index contributed by atoms with van der Waals surface area (Å²) in [5.74, 6) is 0.492. The van der Waals surface area contributed by atoms with Gasteiger partial charge in [-0.3, -0.25) is 14.6 Å². The van der Waals surface area contributed by atoms with Crippen molar-refractivity contribution in [3.05, 3.63) is 107 Å². The number of aliphatic hydroxyl groups excluding tert-OH is 1. The Balaban J connectivity index is 1.32. The van der Waals surface area contributed by atoms with Gasteiger partial charge in [-0.15, -0.1) is 0 Å². The molecule has 1 unspecified atom stereocenters. The van der Waals surface area contributed by atoms with E-state index in [1.165, 1.54) is 0 Å². The number of pyridine rings is 1. The quantitative estimate of drug-likeness (QED) is 0.335. The number of aromatic nitrogens is 1. The van der Waals surface area contributed by atoms with Gasteiger partial charge in [0.05, 0.1) is 11.7 Å². The van der Waals surface area contributed by atoms with Gasteiger partial charge in [-0.2, -0.15) is 0 Å². The first kappa shape index (κ1) is 22.6. The largest absolute Gasteiger partial charge is 0.457 e. The number of aliphatic hydroxyl groups is 1. The van der Waals surface area contributed by atoms with Crippen LogP contribution in [0.15, 0.2) is 83.5 Å². The second kappa shape index (κ2) is 9.58. The molecule has 174 valence electrons. The Morgan fingerprint density at radius 3 is 2.86 bits per heavy atom. The number of benzene rings is 2. The topological polar surface area (TPSA) is 104 Å². The molecule has 5 rings (SSSR count). The first-order valence-electron chi connectivity index (χ1n) is 10.9. The van der Waals surface area contributed by atoms with Crippen molar-refractivity contribution in [3.63, 3.8) is 0 Å². The van der Waals surface area contributed by atoms with Gasteiger partial charge in [0, 0.05) is 51.9 Å². The second-order valence-corrected chi connectivity index (χ2v) is 8.43. The number of nitrogens with zero attached hydrogens (tertiary/aromatic N) is 1. The van der Waals surface area contributed by atoms with Crippen LogP contribution in [0.1, 0.15) is 33.3 Å². The Morgan fingerprint density at radius 1 is 1.14 bits per heavy atom. The molecule has 1 aliphatic heterocycles. The Kier molecular flexibility index (Phi) is 6.18. The van der Waals surface area contributed by atoms with E-state index < -0.39 is 6.10 Å². The lowest BCUT2D eigenvalue weighted by Gasteiger charge is -2.12. The number of nitrogens with one attached hydrogen (secondary N) is 2. The van der Waals surface area contributed by atoms with Gasteiger partial charge < -0.3 is 20.2 Å². The second-order valence-electron chi connectivity index (χ2n) is 8.00. The number of hydrogen-bond acceptors (Lipinski definition) is 5. The molecule has 0 aliphatic carbocycles. The van der Waals surface area contributed by atoms with Crippen molar-refractivity contribution in [2.45, 2.75) is 6.10 Å². The maximum atomic E-state index is 12.6. The van der Waals surface area contributed by atoms with Crippen LogP contribution < -0.4 is 10.6 Å². The summed E-state index contributed by atoms with van der Waals surface area (Å²) in [6.07, 6.45) is 3.98. The van der Waals surface area contributed by atoms with Crippen molar-refractivity contribution in [1.82, 2.24) is 10.3 Å². The number of rotatable bonds is 6. The van der Waals surface area contributed by atoms with E-state index in [4.69, 9.17) is 16.0 Å². The zero-order chi connectivity index (χ0) is 24.4. The summed E-state index contributed by atoms with van der Waals surface area (Å²) in [7, 11) is 0. The van der Waals surface area contributed by atoms with Crippen LogP contribution in [-0.2, 0) is 4.79 Å². The molecule has 1 atom stereocenters. The molecule has 4 aromatic rings. The average molecular weight is 486 g/mol. The van der Waals surface area contributed by atoms with Crippen LogP contribution in [0, 0.1) is 0 Å². The molecule has 35 heavy (non-hydrogen) atoms. The molecule has 0 spiro atoms. The standard InChI is InChI=1S/C27H20ClN3O4/c28-19-6-8-23-21(12-19)22(27(34)31-23)13-20-7-9-25(35-20)16-3-1-4-17(11-16)26(33)30-15-24(32)18-5-2-10-29-14-18/h1-14,24,32H,15H2,(H,30,33)(H,31,34). The van der Waals surface area contributed by atoms with Gasteiger partial charge in [0.25, 0.3) is 11.8 Å². The smallest absolute Gasteiger partial charge is 0.256 e. The van der Waals surface area contributed by atoms with Crippen LogP contribution in [0.3, 0.4) is 0 Å². The zero-order valence-electron chi connectivity index (χ0n) is 18.4. The van der Waals surface area contributed by atoms with E-state index in [0.717, 1.165) is 0 Å². The maximum Gasteiger partial charge on any atom is 0.256 e. The van der Waals surface area contributed by atoms with Gasteiger partial charge in [0.15, 0.2) is 0 Å². The molecule has 0 saturated heterocycles.